The van der Waals surface area contributed by atoms with Gasteiger partial charge >= 0.3 is 0 Å². The number of aliphatic hydroxyl groups excluding tert-OH is 1. The molecule has 2 aromatic rings. The molecule has 2 aromatic carbocycles. The van der Waals surface area contributed by atoms with Gasteiger partial charge in [-0.15, -0.1) is 0 Å². The number of benzene rings is 2. The summed E-state index contributed by atoms with van der Waals surface area (Å²) in [7, 11) is 0. The van der Waals surface area contributed by atoms with E-state index in [1.54, 1.807) is 48.5 Å². The largest absolute Gasteiger partial charge is 0.399 e. The average Bonchev–Trinajstić information content (AvgIpc) is 2.41. The van der Waals surface area contributed by atoms with E-state index in [-0.39, 0.29) is 12.5 Å². The number of anilines is 2. The van der Waals surface area contributed by atoms with Crippen LogP contribution in [0.1, 0.15) is 15.9 Å². The first kappa shape index (κ1) is 12.1. The van der Waals surface area contributed by atoms with Crippen molar-refractivity contribution >= 4 is 17.3 Å². The molecular weight excluding hydrogens is 228 g/mol. The first-order valence-corrected chi connectivity index (χ1v) is 5.56. The molecule has 0 aliphatic rings. The molecule has 2 rings (SSSR count). The summed E-state index contributed by atoms with van der Waals surface area (Å²) in [6.45, 7) is -0.0279. The summed E-state index contributed by atoms with van der Waals surface area (Å²) in [6.07, 6.45) is 0. The van der Waals surface area contributed by atoms with Crippen molar-refractivity contribution in [3.8, 4) is 0 Å². The summed E-state index contributed by atoms with van der Waals surface area (Å²) in [5.41, 5.74) is 8.23. The molecule has 0 atom stereocenters. The van der Waals surface area contributed by atoms with Crippen LogP contribution in [0.25, 0.3) is 0 Å². The van der Waals surface area contributed by atoms with Gasteiger partial charge < -0.3 is 16.2 Å². The molecule has 0 aliphatic heterocycles. The normalized spacial score (nSPS) is 10.1. The lowest BCUT2D eigenvalue weighted by Gasteiger charge is -2.06. The smallest absolute Gasteiger partial charge is 0.255 e. The van der Waals surface area contributed by atoms with Gasteiger partial charge in [-0.25, -0.2) is 0 Å². The van der Waals surface area contributed by atoms with Gasteiger partial charge in [0.25, 0.3) is 5.91 Å². The zero-order chi connectivity index (χ0) is 13.0. The van der Waals surface area contributed by atoms with Gasteiger partial charge in [0.2, 0.25) is 0 Å². The fourth-order valence-electron chi connectivity index (χ4n) is 1.53. The third-order valence-electron chi connectivity index (χ3n) is 2.57. The molecule has 0 aliphatic carbocycles. The Labute approximate surface area is 105 Å². The van der Waals surface area contributed by atoms with Gasteiger partial charge in [0, 0.05) is 16.9 Å². The summed E-state index contributed by atoms with van der Waals surface area (Å²) in [5.74, 6) is -0.190. The maximum absolute atomic E-state index is 11.9. The van der Waals surface area contributed by atoms with E-state index in [9.17, 15) is 4.79 Å². The van der Waals surface area contributed by atoms with Crippen LogP contribution in [-0.4, -0.2) is 11.0 Å². The molecule has 4 heteroatoms. The van der Waals surface area contributed by atoms with Crippen LogP contribution in [0.3, 0.4) is 0 Å². The van der Waals surface area contributed by atoms with Crippen LogP contribution in [0.4, 0.5) is 11.4 Å². The van der Waals surface area contributed by atoms with Crippen molar-refractivity contribution in [1.29, 1.82) is 0 Å². The second-order valence-electron chi connectivity index (χ2n) is 3.93. The SMILES string of the molecule is Nc1ccc(NC(=O)c2ccc(CO)cc2)cc1. The van der Waals surface area contributed by atoms with E-state index in [2.05, 4.69) is 5.32 Å². The predicted octanol–water partition coefficient (Wildman–Crippen LogP) is 2.01. The molecule has 0 bridgehead atoms. The van der Waals surface area contributed by atoms with Gasteiger partial charge in [-0.3, -0.25) is 4.79 Å². The summed E-state index contributed by atoms with van der Waals surface area (Å²) < 4.78 is 0. The molecule has 0 spiro atoms. The van der Waals surface area contributed by atoms with Gasteiger partial charge in [0.05, 0.1) is 6.61 Å². The molecule has 4 nitrogen and oxygen atoms in total. The fourth-order valence-corrected chi connectivity index (χ4v) is 1.53. The predicted molar refractivity (Wildman–Crippen MR) is 71.2 cm³/mol. The number of hydrogen-bond donors (Lipinski definition) is 3. The van der Waals surface area contributed by atoms with Gasteiger partial charge in [0.15, 0.2) is 0 Å². The molecular formula is C14H14N2O2. The van der Waals surface area contributed by atoms with Gasteiger partial charge in [0.1, 0.15) is 0 Å². The number of nitrogen functional groups attached to an aromatic ring is 1. The van der Waals surface area contributed by atoms with Crippen LogP contribution in [0, 0.1) is 0 Å². The van der Waals surface area contributed by atoms with E-state index < -0.39 is 0 Å². The minimum absolute atomic E-state index is 0.0279. The lowest BCUT2D eigenvalue weighted by molar-refractivity contribution is 0.102. The minimum Gasteiger partial charge on any atom is -0.399 e. The third kappa shape index (κ3) is 2.87. The number of carbonyl (C=O) groups excluding carboxylic acids is 1. The van der Waals surface area contributed by atoms with Gasteiger partial charge in [-0.2, -0.15) is 0 Å². The quantitative estimate of drug-likeness (QED) is 0.721. The summed E-state index contributed by atoms with van der Waals surface area (Å²) in [5, 5.41) is 11.7. The first-order valence-electron chi connectivity index (χ1n) is 5.56. The lowest BCUT2D eigenvalue weighted by atomic mass is 10.1. The Hall–Kier alpha value is -2.33. The van der Waals surface area contributed by atoms with Crippen molar-refractivity contribution in [2.45, 2.75) is 6.61 Å². The van der Waals surface area contributed by atoms with Crippen molar-refractivity contribution in [2.75, 3.05) is 11.1 Å². The van der Waals surface area contributed by atoms with Crippen LogP contribution in [0.2, 0.25) is 0 Å². The van der Waals surface area contributed by atoms with E-state index in [4.69, 9.17) is 10.8 Å². The topological polar surface area (TPSA) is 75.3 Å². The number of amides is 1. The maximum atomic E-state index is 11.9. The molecule has 18 heavy (non-hydrogen) atoms. The lowest BCUT2D eigenvalue weighted by Crippen LogP contribution is -2.11. The van der Waals surface area contributed by atoms with Gasteiger partial charge in [-0.1, -0.05) is 12.1 Å². The third-order valence-corrected chi connectivity index (χ3v) is 2.57. The highest BCUT2D eigenvalue weighted by Crippen LogP contribution is 2.12. The van der Waals surface area contributed by atoms with E-state index in [1.807, 2.05) is 0 Å². The molecule has 0 heterocycles. The molecule has 0 fully saturated rings. The van der Waals surface area contributed by atoms with Crippen molar-refractivity contribution < 1.29 is 9.90 Å². The molecule has 0 saturated carbocycles. The van der Waals surface area contributed by atoms with Crippen LogP contribution in [0.15, 0.2) is 48.5 Å². The maximum Gasteiger partial charge on any atom is 0.255 e. The van der Waals surface area contributed by atoms with E-state index in [0.29, 0.717) is 16.9 Å². The molecule has 0 saturated heterocycles. The highest BCUT2D eigenvalue weighted by Gasteiger charge is 2.05. The monoisotopic (exact) mass is 242 g/mol. The van der Waals surface area contributed by atoms with Crippen molar-refractivity contribution in [3.63, 3.8) is 0 Å². The number of carbonyl (C=O) groups is 1. The van der Waals surface area contributed by atoms with Gasteiger partial charge in [-0.05, 0) is 42.0 Å². The Morgan fingerprint density at radius 2 is 1.67 bits per heavy atom. The van der Waals surface area contributed by atoms with Crippen LogP contribution in [0.5, 0.6) is 0 Å². The van der Waals surface area contributed by atoms with Crippen molar-refractivity contribution in [3.05, 3.63) is 59.7 Å². The van der Waals surface area contributed by atoms with Crippen LogP contribution >= 0.6 is 0 Å². The fraction of sp³-hybridized carbons (Fsp3) is 0.0714. The molecule has 0 unspecified atom stereocenters. The number of nitrogens with two attached hydrogens (primary N) is 1. The Kier molecular flexibility index (Phi) is 3.60. The number of nitrogens with one attached hydrogen (secondary N) is 1. The van der Waals surface area contributed by atoms with Crippen LogP contribution < -0.4 is 11.1 Å². The molecule has 0 aromatic heterocycles. The minimum atomic E-state index is -0.190. The molecule has 92 valence electrons. The molecule has 1 amide bonds. The number of rotatable bonds is 3. The van der Waals surface area contributed by atoms with E-state index in [0.717, 1.165) is 5.56 Å². The Bertz CT molecular complexity index is 533. The second-order valence-corrected chi connectivity index (χ2v) is 3.93. The highest BCUT2D eigenvalue weighted by atomic mass is 16.3. The Morgan fingerprint density at radius 1 is 1.06 bits per heavy atom. The first-order chi connectivity index (χ1) is 8.69. The molecule has 0 radical (unpaired) electrons. The summed E-state index contributed by atoms with van der Waals surface area (Å²) >= 11 is 0. The number of aliphatic hydroxyl groups is 1. The zero-order valence-electron chi connectivity index (χ0n) is 9.76. The van der Waals surface area contributed by atoms with E-state index in [1.165, 1.54) is 0 Å². The Balaban J connectivity index is 2.09. The summed E-state index contributed by atoms with van der Waals surface area (Å²) in [4.78, 5) is 11.9. The van der Waals surface area contributed by atoms with Crippen molar-refractivity contribution in [2.24, 2.45) is 0 Å². The van der Waals surface area contributed by atoms with E-state index >= 15 is 0 Å². The Morgan fingerprint density at radius 3 is 2.22 bits per heavy atom. The van der Waals surface area contributed by atoms with Crippen molar-refractivity contribution in [1.82, 2.24) is 0 Å². The standard InChI is InChI=1S/C14H14N2O2/c15-12-5-7-13(8-6-12)16-14(18)11-3-1-10(9-17)2-4-11/h1-8,17H,9,15H2,(H,16,18). The highest BCUT2D eigenvalue weighted by molar-refractivity contribution is 6.04. The zero-order valence-corrected chi connectivity index (χ0v) is 9.76. The average molecular weight is 242 g/mol. The summed E-state index contributed by atoms with van der Waals surface area (Å²) in [6, 6.07) is 13.7. The van der Waals surface area contributed by atoms with Crippen LogP contribution in [-0.2, 0) is 6.61 Å². The molecule has 4 N–H and O–H groups in total. The second kappa shape index (κ2) is 5.33. The number of hydrogen-bond acceptors (Lipinski definition) is 3.